The number of aryl methyl sites for hydroxylation is 2. The first-order chi connectivity index (χ1) is 5.29. The molecule has 0 spiro atoms. The lowest BCUT2D eigenvalue weighted by molar-refractivity contribution is 0.948. The Bertz CT molecular complexity index is 387. The molecule has 2 heterocycles. The number of hydrogen-bond donors (Lipinski definition) is 0. The Balaban J connectivity index is 2.94. The van der Waals surface area contributed by atoms with E-state index in [1.165, 1.54) is 10.9 Å². The Kier molecular flexibility index (Phi) is 1.22. The third-order valence-corrected chi connectivity index (χ3v) is 1.99. The van der Waals surface area contributed by atoms with E-state index in [4.69, 9.17) is 0 Å². The van der Waals surface area contributed by atoms with Gasteiger partial charge in [0.25, 0.3) is 0 Å². The van der Waals surface area contributed by atoms with Crippen LogP contribution in [0.25, 0.3) is 11.0 Å². The van der Waals surface area contributed by atoms with Gasteiger partial charge in [-0.3, -0.25) is 0 Å². The van der Waals surface area contributed by atoms with Crippen LogP contribution in [-0.4, -0.2) is 9.55 Å². The Morgan fingerprint density at radius 2 is 2.18 bits per heavy atom. The average molecular weight is 146 g/mol. The van der Waals surface area contributed by atoms with E-state index in [0.717, 1.165) is 5.65 Å². The van der Waals surface area contributed by atoms with Crippen molar-refractivity contribution in [1.29, 1.82) is 0 Å². The highest BCUT2D eigenvalue weighted by molar-refractivity contribution is 5.79. The predicted octanol–water partition coefficient (Wildman–Crippen LogP) is 1.88. The molecule has 0 saturated heterocycles. The van der Waals surface area contributed by atoms with Gasteiger partial charge in [-0.25, -0.2) is 4.98 Å². The van der Waals surface area contributed by atoms with Gasteiger partial charge < -0.3 is 4.57 Å². The first-order valence-corrected chi connectivity index (χ1v) is 3.65. The molecule has 2 rings (SSSR count). The van der Waals surface area contributed by atoms with Gasteiger partial charge in [-0.15, -0.1) is 0 Å². The molecule has 2 heteroatoms. The molecule has 0 atom stereocenters. The molecule has 0 fully saturated rings. The monoisotopic (exact) mass is 146 g/mol. The van der Waals surface area contributed by atoms with Crippen LogP contribution in [0.1, 0.15) is 5.56 Å². The minimum absolute atomic E-state index is 1.06. The standard InChI is InChI=1S/C9H10N2/c1-7-3-5-10-9-8(7)4-6-11(9)2/h3-6H,1-2H3. The van der Waals surface area contributed by atoms with E-state index in [1.54, 1.807) is 0 Å². The Hall–Kier alpha value is -1.31. The van der Waals surface area contributed by atoms with Gasteiger partial charge in [0.2, 0.25) is 0 Å². The van der Waals surface area contributed by atoms with Crippen LogP contribution in [-0.2, 0) is 7.05 Å². The van der Waals surface area contributed by atoms with Crippen molar-refractivity contribution >= 4 is 11.0 Å². The van der Waals surface area contributed by atoms with E-state index in [1.807, 2.05) is 30.1 Å². The van der Waals surface area contributed by atoms with Crippen LogP contribution in [0.15, 0.2) is 24.5 Å². The molecule has 2 aromatic heterocycles. The largest absolute Gasteiger partial charge is 0.336 e. The van der Waals surface area contributed by atoms with Crippen molar-refractivity contribution in [3.05, 3.63) is 30.1 Å². The smallest absolute Gasteiger partial charge is 0.139 e. The third-order valence-electron chi connectivity index (χ3n) is 1.99. The van der Waals surface area contributed by atoms with E-state index < -0.39 is 0 Å². The van der Waals surface area contributed by atoms with E-state index >= 15 is 0 Å². The van der Waals surface area contributed by atoms with Crippen molar-refractivity contribution in [2.75, 3.05) is 0 Å². The zero-order chi connectivity index (χ0) is 7.84. The number of nitrogens with zero attached hydrogens (tertiary/aromatic N) is 2. The van der Waals surface area contributed by atoms with Crippen molar-refractivity contribution in [2.24, 2.45) is 7.05 Å². The number of aromatic nitrogens is 2. The van der Waals surface area contributed by atoms with Gasteiger partial charge in [-0.05, 0) is 24.6 Å². The van der Waals surface area contributed by atoms with E-state index in [0.29, 0.717) is 0 Å². The summed E-state index contributed by atoms with van der Waals surface area (Å²) in [5, 5.41) is 1.25. The molecule has 0 aliphatic carbocycles. The fourth-order valence-electron chi connectivity index (χ4n) is 1.30. The normalized spacial score (nSPS) is 10.7. The summed E-state index contributed by atoms with van der Waals surface area (Å²) >= 11 is 0. The van der Waals surface area contributed by atoms with Gasteiger partial charge in [-0.1, -0.05) is 0 Å². The van der Waals surface area contributed by atoms with Crippen LogP contribution in [0.4, 0.5) is 0 Å². The number of hydrogen-bond acceptors (Lipinski definition) is 1. The second-order valence-corrected chi connectivity index (χ2v) is 2.79. The summed E-state index contributed by atoms with van der Waals surface area (Å²) in [7, 11) is 2.01. The molecule has 0 bridgehead atoms. The fraction of sp³-hybridized carbons (Fsp3) is 0.222. The summed E-state index contributed by atoms with van der Waals surface area (Å²) in [6.07, 6.45) is 3.88. The summed E-state index contributed by atoms with van der Waals surface area (Å²) in [6, 6.07) is 4.12. The molecule has 0 N–H and O–H groups in total. The second kappa shape index (κ2) is 2.09. The predicted molar refractivity (Wildman–Crippen MR) is 45.5 cm³/mol. The van der Waals surface area contributed by atoms with Crippen molar-refractivity contribution < 1.29 is 0 Å². The number of fused-ring (bicyclic) bond motifs is 1. The van der Waals surface area contributed by atoms with Gasteiger partial charge in [0.1, 0.15) is 5.65 Å². The van der Waals surface area contributed by atoms with Gasteiger partial charge in [0, 0.05) is 24.8 Å². The molecule has 0 aliphatic heterocycles. The van der Waals surface area contributed by atoms with Crippen molar-refractivity contribution in [2.45, 2.75) is 6.92 Å². The molecule has 0 radical (unpaired) electrons. The van der Waals surface area contributed by atoms with Crippen LogP contribution in [0.3, 0.4) is 0 Å². The van der Waals surface area contributed by atoms with E-state index in [9.17, 15) is 0 Å². The third kappa shape index (κ3) is 0.827. The maximum Gasteiger partial charge on any atom is 0.139 e. The lowest BCUT2D eigenvalue weighted by Gasteiger charge is -1.95. The minimum atomic E-state index is 1.06. The molecule has 11 heavy (non-hydrogen) atoms. The lowest BCUT2D eigenvalue weighted by Crippen LogP contribution is -1.87. The summed E-state index contributed by atoms with van der Waals surface area (Å²) in [5.74, 6) is 0. The zero-order valence-electron chi connectivity index (χ0n) is 6.70. The molecule has 0 aromatic carbocycles. The summed E-state index contributed by atoms with van der Waals surface area (Å²) in [6.45, 7) is 2.10. The molecular weight excluding hydrogens is 136 g/mol. The van der Waals surface area contributed by atoms with Crippen LogP contribution in [0, 0.1) is 6.92 Å². The molecule has 0 unspecified atom stereocenters. The van der Waals surface area contributed by atoms with Gasteiger partial charge in [-0.2, -0.15) is 0 Å². The van der Waals surface area contributed by atoms with Crippen LogP contribution in [0.2, 0.25) is 0 Å². The van der Waals surface area contributed by atoms with Gasteiger partial charge in [0.15, 0.2) is 0 Å². The van der Waals surface area contributed by atoms with E-state index in [-0.39, 0.29) is 0 Å². The Morgan fingerprint density at radius 1 is 1.36 bits per heavy atom. The van der Waals surface area contributed by atoms with Gasteiger partial charge >= 0.3 is 0 Å². The fourth-order valence-corrected chi connectivity index (χ4v) is 1.30. The topological polar surface area (TPSA) is 17.8 Å². The molecule has 56 valence electrons. The summed E-state index contributed by atoms with van der Waals surface area (Å²) in [5.41, 5.74) is 2.35. The Morgan fingerprint density at radius 3 is 2.91 bits per heavy atom. The highest BCUT2D eigenvalue weighted by Crippen LogP contribution is 2.15. The number of pyridine rings is 1. The SMILES string of the molecule is Cc1ccnc2c1ccn2C. The number of rotatable bonds is 0. The minimum Gasteiger partial charge on any atom is -0.336 e. The first-order valence-electron chi connectivity index (χ1n) is 3.65. The zero-order valence-corrected chi connectivity index (χ0v) is 6.70. The van der Waals surface area contributed by atoms with Crippen molar-refractivity contribution in [3.63, 3.8) is 0 Å². The summed E-state index contributed by atoms with van der Waals surface area (Å²) in [4.78, 5) is 4.26. The first kappa shape index (κ1) is 6.40. The van der Waals surface area contributed by atoms with E-state index in [2.05, 4.69) is 18.0 Å². The van der Waals surface area contributed by atoms with Crippen LogP contribution < -0.4 is 0 Å². The van der Waals surface area contributed by atoms with Crippen LogP contribution in [0.5, 0.6) is 0 Å². The van der Waals surface area contributed by atoms with Gasteiger partial charge in [0.05, 0.1) is 0 Å². The molecule has 0 aliphatic rings. The Labute approximate surface area is 65.5 Å². The second-order valence-electron chi connectivity index (χ2n) is 2.79. The highest BCUT2D eigenvalue weighted by atomic mass is 15.0. The quantitative estimate of drug-likeness (QED) is 0.555. The molecule has 0 amide bonds. The molecular formula is C9H10N2. The maximum absolute atomic E-state index is 4.26. The van der Waals surface area contributed by atoms with Crippen LogP contribution >= 0.6 is 0 Å². The highest BCUT2D eigenvalue weighted by Gasteiger charge is 1.99. The lowest BCUT2D eigenvalue weighted by atomic mass is 10.2. The summed E-state index contributed by atoms with van der Waals surface area (Å²) < 4.78 is 2.03. The van der Waals surface area contributed by atoms with Crippen molar-refractivity contribution in [1.82, 2.24) is 9.55 Å². The molecule has 2 aromatic rings. The van der Waals surface area contributed by atoms with Crippen molar-refractivity contribution in [3.8, 4) is 0 Å². The average Bonchev–Trinajstić information content (AvgIpc) is 2.35. The molecule has 2 nitrogen and oxygen atoms in total. The molecule has 0 saturated carbocycles. The maximum atomic E-state index is 4.26.